The number of hydrogen-bond donors (Lipinski definition) is 1. The molecule has 6 nitrogen and oxygen atoms in total. The summed E-state index contributed by atoms with van der Waals surface area (Å²) in [4.78, 5) is 12.3. The second-order valence-corrected chi connectivity index (χ2v) is 6.72. The standard InChI is InChI=1S/C16H14BrF3N6/c17-13-12-14(24-23-13)21-9-22-15(12)26-7-5-25(6-8-26)11-4-2-1-3-10(11)16(18,19)20/h1-4,9H,5-8H2,(H,21,22,23,24). The summed E-state index contributed by atoms with van der Waals surface area (Å²) < 4.78 is 40.5. The van der Waals surface area contributed by atoms with Gasteiger partial charge in [0.25, 0.3) is 0 Å². The van der Waals surface area contributed by atoms with Crippen LogP contribution in [0.4, 0.5) is 24.7 Å². The molecule has 0 bridgehead atoms. The Morgan fingerprint density at radius 2 is 1.69 bits per heavy atom. The fourth-order valence-electron chi connectivity index (χ4n) is 3.19. The Balaban J connectivity index is 1.58. The number of halogens is 4. The molecule has 0 aliphatic carbocycles. The monoisotopic (exact) mass is 426 g/mol. The Kier molecular flexibility index (Phi) is 4.22. The number of nitrogens with one attached hydrogen (secondary N) is 1. The molecule has 4 rings (SSSR count). The number of aromatic amines is 1. The molecule has 1 N–H and O–H groups in total. The normalized spacial score (nSPS) is 15.7. The number of para-hydroxylation sites is 1. The largest absolute Gasteiger partial charge is 0.418 e. The highest BCUT2D eigenvalue weighted by Gasteiger charge is 2.35. The van der Waals surface area contributed by atoms with Crippen LogP contribution in [0.25, 0.3) is 11.0 Å². The molecule has 0 amide bonds. The molecule has 1 fully saturated rings. The van der Waals surface area contributed by atoms with Crippen LogP contribution in [0.2, 0.25) is 0 Å². The summed E-state index contributed by atoms with van der Waals surface area (Å²) >= 11 is 3.40. The fraction of sp³-hybridized carbons (Fsp3) is 0.312. The van der Waals surface area contributed by atoms with Gasteiger partial charge in [-0.1, -0.05) is 12.1 Å². The Hall–Kier alpha value is -2.36. The topological polar surface area (TPSA) is 60.9 Å². The minimum Gasteiger partial charge on any atom is -0.367 e. The zero-order chi connectivity index (χ0) is 18.3. The minimum atomic E-state index is -4.37. The third-order valence-corrected chi connectivity index (χ3v) is 4.99. The van der Waals surface area contributed by atoms with Crippen LogP contribution in [0.3, 0.4) is 0 Å². The second-order valence-electron chi connectivity index (χ2n) is 5.92. The van der Waals surface area contributed by atoms with Crippen molar-refractivity contribution in [2.75, 3.05) is 36.0 Å². The molecule has 0 spiro atoms. The molecule has 0 unspecified atom stereocenters. The van der Waals surface area contributed by atoms with E-state index in [1.54, 1.807) is 11.0 Å². The number of rotatable bonds is 2. The molecule has 1 saturated heterocycles. The van der Waals surface area contributed by atoms with Gasteiger partial charge in [0.05, 0.1) is 10.9 Å². The number of aromatic nitrogens is 4. The molecule has 10 heteroatoms. The number of piperazine rings is 1. The smallest absolute Gasteiger partial charge is 0.367 e. The lowest BCUT2D eigenvalue weighted by atomic mass is 10.1. The van der Waals surface area contributed by atoms with Crippen molar-refractivity contribution in [2.24, 2.45) is 0 Å². The van der Waals surface area contributed by atoms with Crippen LogP contribution in [0.1, 0.15) is 5.56 Å². The third-order valence-electron chi connectivity index (χ3n) is 4.42. The first-order valence-electron chi connectivity index (χ1n) is 7.96. The van der Waals surface area contributed by atoms with Crippen LogP contribution >= 0.6 is 15.9 Å². The Morgan fingerprint density at radius 1 is 1.00 bits per heavy atom. The predicted octanol–water partition coefficient (Wildman–Crippen LogP) is 3.46. The highest BCUT2D eigenvalue weighted by Crippen LogP contribution is 2.37. The van der Waals surface area contributed by atoms with Gasteiger partial charge >= 0.3 is 6.18 Å². The Bertz CT molecular complexity index is 933. The third kappa shape index (κ3) is 2.98. The molecule has 0 radical (unpaired) electrons. The maximum absolute atomic E-state index is 13.3. The molecule has 3 heterocycles. The van der Waals surface area contributed by atoms with E-state index in [2.05, 4.69) is 36.1 Å². The van der Waals surface area contributed by atoms with Crippen LogP contribution in [-0.2, 0) is 6.18 Å². The Morgan fingerprint density at radius 3 is 2.42 bits per heavy atom. The summed E-state index contributed by atoms with van der Waals surface area (Å²) in [5.41, 5.74) is 0.166. The summed E-state index contributed by atoms with van der Waals surface area (Å²) in [6.45, 7) is 2.04. The number of fused-ring (bicyclic) bond motifs is 1. The van der Waals surface area contributed by atoms with E-state index in [0.29, 0.717) is 36.4 Å². The van der Waals surface area contributed by atoms with Crippen molar-refractivity contribution >= 4 is 38.5 Å². The molecule has 26 heavy (non-hydrogen) atoms. The number of alkyl halides is 3. The first kappa shape index (κ1) is 17.1. The lowest BCUT2D eigenvalue weighted by molar-refractivity contribution is -0.137. The summed E-state index contributed by atoms with van der Waals surface area (Å²) in [7, 11) is 0. The molecule has 1 aliphatic rings. The molecule has 136 valence electrons. The van der Waals surface area contributed by atoms with E-state index < -0.39 is 11.7 Å². The van der Waals surface area contributed by atoms with E-state index in [1.807, 2.05) is 4.90 Å². The van der Waals surface area contributed by atoms with Crippen molar-refractivity contribution in [1.82, 2.24) is 20.2 Å². The van der Waals surface area contributed by atoms with Gasteiger partial charge in [0.15, 0.2) is 5.65 Å². The van der Waals surface area contributed by atoms with Gasteiger partial charge < -0.3 is 9.80 Å². The quantitative estimate of drug-likeness (QED) is 0.679. The second kappa shape index (κ2) is 6.42. The average Bonchev–Trinajstić information content (AvgIpc) is 3.03. The van der Waals surface area contributed by atoms with Gasteiger partial charge in [-0.2, -0.15) is 18.3 Å². The number of hydrogen-bond acceptors (Lipinski definition) is 5. The molecular weight excluding hydrogens is 413 g/mol. The number of anilines is 2. The lowest BCUT2D eigenvalue weighted by Crippen LogP contribution is -2.47. The van der Waals surface area contributed by atoms with Crippen LogP contribution in [-0.4, -0.2) is 46.3 Å². The average molecular weight is 427 g/mol. The summed E-state index contributed by atoms with van der Waals surface area (Å²) in [6.07, 6.45) is -2.93. The van der Waals surface area contributed by atoms with Crippen molar-refractivity contribution in [3.63, 3.8) is 0 Å². The summed E-state index contributed by atoms with van der Waals surface area (Å²) in [5, 5.41) is 7.68. The number of benzene rings is 1. The van der Waals surface area contributed by atoms with Crippen molar-refractivity contribution < 1.29 is 13.2 Å². The van der Waals surface area contributed by atoms with Crippen molar-refractivity contribution in [2.45, 2.75) is 6.18 Å². The number of H-pyrrole nitrogens is 1. The van der Waals surface area contributed by atoms with Gasteiger partial charge in [0.1, 0.15) is 16.7 Å². The van der Waals surface area contributed by atoms with E-state index in [1.165, 1.54) is 18.5 Å². The van der Waals surface area contributed by atoms with Crippen molar-refractivity contribution in [3.8, 4) is 0 Å². The first-order chi connectivity index (χ1) is 12.4. The van der Waals surface area contributed by atoms with Gasteiger partial charge in [-0.25, -0.2) is 9.97 Å². The van der Waals surface area contributed by atoms with Crippen molar-refractivity contribution in [3.05, 3.63) is 40.8 Å². The van der Waals surface area contributed by atoms with Gasteiger partial charge in [0, 0.05) is 31.9 Å². The first-order valence-corrected chi connectivity index (χ1v) is 8.75. The van der Waals surface area contributed by atoms with E-state index in [-0.39, 0.29) is 5.69 Å². The minimum absolute atomic E-state index is 0.219. The van der Waals surface area contributed by atoms with Crippen LogP contribution < -0.4 is 9.80 Å². The molecule has 0 atom stereocenters. The van der Waals surface area contributed by atoms with E-state index in [9.17, 15) is 13.2 Å². The molecular formula is C16H14BrF3N6. The van der Waals surface area contributed by atoms with Gasteiger partial charge in [-0.05, 0) is 28.1 Å². The van der Waals surface area contributed by atoms with Gasteiger partial charge in [0.2, 0.25) is 0 Å². The molecule has 3 aromatic rings. The number of nitrogens with zero attached hydrogens (tertiary/aromatic N) is 5. The molecule has 1 aromatic carbocycles. The zero-order valence-corrected chi connectivity index (χ0v) is 15.0. The van der Waals surface area contributed by atoms with Crippen molar-refractivity contribution in [1.29, 1.82) is 0 Å². The van der Waals surface area contributed by atoms with Gasteiger partial charge in [-0.3, -0.25) is 5.10 Å². The molecule has 1 aliphatic heterocycles. The zero-order valence-electron chi connectivity index (χ0n) is 13.5. The highest BCUT2D eigenvalue weighted by atomic mass is 79.9. The van der Waals surface area contributed by atoms with E-state index >= 15 is 0 Å². The predicted molar refractivity (Wildman–Crippen MR) is 95.3 cm³/mol. The summed E-state index contributed by atoms with van der Waals surface area (Å²) in [5.74, 6) is 0.722. The fourth-order valence-corrected chi connectivity index (χ4v) is 3.64. The van der Waals surface area contributed by atoms with Gasteiger partial charge in [-0.15, -0.1) is 0 Å². The SMILES string of the molecule is FC(F)(F)c1ccccc1N1CCN(c2ncnc3n[nH]c(Br)c23)CC1. The maximum Gasteiger partial charge on any atom is 0.418 e. The van der Waals surface area contributed by atoms with Crippen LogP contribution in [0.15, 0.2) is 35.2 Å². The van der Waals surface area contributed by atoms with Crippen LogP contribution in [0.5, 0.6) is 0 Å². The van der Waals surface area contributed by atoms with E-state index in [4.69, 9.17) is 0 Å². The highest BCUT2D eigenvalue weighted by molar-refractivity contribution is 9.10. The summed E-state index contributed by atoms with van der Waals surface area (Å²) in [6, 6.07) is 5.69. The van der Waals surface area contributed by atoms with Crippen LogP contribution in [0, 0.1) is 0 Å². The Labute approximate surface area is 155 Å². The molecule has 0 saturated carbocycles. The maximum atomic E-state index is 13.3. The molecule has 2 aromatic heterocycles. The lowest BCUT2D eigenvalue weighted by Gasteiger charge is -2.37. The van der Waals surface area contributed by atoms with E-state index in [0.717, 1.165) is 17.3 Å².